The summed E-state index contributed by atoms with van der Waals surface area (Å²) in [6.45, 7) is 0. The van der Waals surface area contributed by atoms with Gasteiger partial charge in [-0.2, -0.15) is 0 Å². The zero-order chi connectivity index (χ0) is 11.1. The molecule has 0 aliphatic heterocycles. The van der Waals surface area contributed by atoms with Gasteiger partial charge in [-0.15, -0.1) is 0 Å². The highest BCUT2D eigenvalue weighted by atomic mass is 79.9. The third kappa shape index (κ3) is 1.59. The standard InChI is InChI=1S/C13H15BrN2/c14-9-4-5-10-11(7-16-12(10)6-9)13(15)8-2-1-3-8/h4-8,13,16H,1-3,15H2. The summed E-state index contributed by atoms with van der Waals surface area (Å²) in [7, 11) is 0. The van der Waals surface area contributed by atoms with Gasteiger partial charge in [-0.1, -0.05) is 28.4 Å². The van der Waals surface area contributed by atoms with Gasteiger partial charge in [0, 0.05) is 27.6 Å². The Morgan fingerprint density at radius 2 is 2.19 bits per heavy atom. The first-order valence-electron chi connectivity index (χ1n) is 5.78. The molecule has 2 nitrogen and oxygen atoms in total. The van der Waals surface area contributed by atoms with Gasteiger partial charge in [0.2, 0.25) is 0 Å². The van der Waals surface area contributed by atoms with Crippen molar-refractivity contribution in [1.29, 1.82) is 0 Å². The lowest BCUT2D eigenvalue weighted by molar-refractivity contribution is 0.265. The van der Waals surface area contributed by atoms with Crippen molar-refractivity contribution in [3.05, 3.63) is 34.4 Å². The number of rotatable bonds is 2. The second kappa shape index (κ2) is 3.90. The van der Waals surface area contributed by atoms with Crippen molar-refractivity contribution in [3.8, 4) is 0 Å². The van der Waals surface area contributed by atoms with Crippen molar-refractivity contribution in [2.75, 3.05) is 0 Å². The van der Waals surface area contributed by atoms with E-state index in [-0.39, 0.29) is 6.04 Å². The number of H-pyrrole nitrogens is 1. The molecule has 1 heterocycles. The Hall–Kier alpha value is -0.800. The van der Waals surface area contributed by atoms with E-state index >= 15 is 0 Å². The van der Waals surface area contributed by atoms with Gasteiger partial charge in [-0.3, -0.25) is 0 Å². The van der Waals surface area contributed by atoms with Crippen LogP contribution < -0.4 is 5.73 Å². The van der Waals surface area contributed by atoms with Crippen molar-refractivity contribution in [2.24, 2.45) is 11.7 Å². The van der Waals surface area contributed by atoms with Crippen LogP contribution in [0.1, 0.15) is 30.9 Å². The number of nitrogens with one attached hydrogen (secondary N) is 1. The van der Waals surface area contributed by atoms with Gasteiger partial charge in [0.1, 0.15) is 0 Å². The Balaban J connectivity index is 2.03. The second-order valence-corrected chi connectivity index (χ2v) is 5.57. The van der Waals surface area contributed by atoms with E-state index in [0.29, 0.717) is 5.92 Å². The van der Waals surface area contributed by atoms with E-state index < -0.39 is 0 Å². The lowest BCUT2D eigenvalue weighted by atomic mass is 9.77. The molecule has 0 spiro atoms. The average molecular weight is 279 g/mol. The van der Waals surface area contributed by atoms with Crippen LogP contribution in [0.5, 0.6) is 0 Å². The highest BCUT2D eigenvalue weighted by Gasteiger charge is 2.27. The van der Waals surface area contributed by atoms with Crippen LogP contribution in [0.25, 0.3) is 10.9 Å². The number of aromatic amines is 1. The maximum Gasteiger partial charge on any atom is 0.0468 e. The molecule has 1 fully saturated rings. The second-order valence-electron chi connectivity index (χ2n) is 4.65. The number of nitrogens with two attached hydrogens (primary N) is 1. The van der Waals surface area contributed by atoms with Crippen molar-refractivity contribution < 1.29 is 0 Å². The Morgan fingerprint density at radius 1 is 1.38 bits per heavy atom. The molecule has 1 aromatic heterocycles. The summed E-state index contributed by atoms with van der Waals surface area (Å²) in [5.74, 6) is 0.683. The average Bonchev–Trinajstić information content (AvgIpc) is 2.57. The van der Waals surface area contributed by atoms with Gasteiger partial charge < -0.3 is 10.7 Å². The van der Waals surface area contributed by atoms with Gasteiger partial charge >= 0.3 is 0 Å². The number of hydrogen-bond acceptors (Lipinski definition) is 1. The van der Waals surface area contributed by atoms with Crippen LogP contribution in [0, 0.1) is 5.92 Å². The lowest BCUT2D eigenvalue weighted by Crippen LogP contribution is -2.26. The van der Waals surface area contributed by atoms with E-state index in [0.717, 1.165) is 4.47 Å². The molecule has 16 heavy (non-hydrogen) atoms. The summed E-state index contributed by atoms with van der Waals surface area (Å²) in [6.07, 6.45) is 5.97. The summed E-state index contributed by atoms with van der Waals surface area (Å²) in [5, 5.41) is 1.27. The predicted molar refractivity (Wildman–Crippen MR) is 70.3 cm³/mol. The van der Waals surface area contributed by atoms with Crippen LogP contribution >= 0.6 is 15.9 Å². The fourth-order valence-corrected chi connectivity index (χ4v) is 2.81. The van der Waals surface area contributed by atoms with Gasteiger partial charge in [0.05, 0.1) is 0 Å². The third-order valence-corrected chi connectivity index (χ3v) is 4.19. The zero-order valence-electron chi connectivity index (χ0n) is 9.04. The number of halogens is 1. The normalized spacial score (nSPS) is 18.6. The number of aromatic nitrogens is 1. The number of benzene rings is 1. The number of hydrogen-bond donors (Lipinski definition) is 2. The van der Waals surface area contributed by atoms with Crippen LogP contribution in [-0.2, 0) is 0 Å². The summed E-state index contributed by atoms with van der Waals surface area (Å²) in [4.78, 5) is 3.30. The van der Waals surface area contributed by atoms with Gasteiger partial charge in [0.15, 0.2) is 0 Å². The Labute approximate surface area is 103 Å². The molecule has 0 radical (unpaired) electrons. The van der Waals surface area contributed by atoms with E-state index in [1.807, 2.05) is 0 Å². The fourth-order valence-electron chi connectivity index (χ4n) is 2.45. The molecule has 84 valence electrons. The molecule has 3 heteroatoms. The summed E-state index contributed by atoms with van der Waals surface area (Å²) in [5.41, 5.74) is 8.75. The molecular weight excluding hydrogens is 264 g/mol. The highest BCUT2D eigenvalue weighted by Crippen LogP contribution is 2.38. The van der Waals surface area contributed by atoms with Crippen molar-refractivity contribution in [3.63, 3.8) is 0 Å². The van der Waals surface area contributed by atoms with Crippen molar-refractivity contribution in [2.45, 2.75) is 25.3 Å². The first-order chi connectivity index (χ1) is 7.75. The molecular formula is C13H15BrN2. The fraction of sp³-hybridized carbons (Fsp3) is 0.385. The number of fused-ring (bicyclic) bond motifs is 1. The van der Waals surface area contributed by atoms with Crippen LogP contribution in [0.2, 0.25) is 0 Å². The first-order valence-corrected chi connectivity index (χ1v) is 6.57. The Morgan fingerprint density at radius 3 is 2.88 bits per heavy atom. The molecule has 3 N–H and O–H groups in total. The van der Waals surface area contributed by atoms with Gasteiger partial charge in [0.25, 0.3) is 0 Å². The monoisotopic (exact) mass is 278 g/mol. The van der Waals surface area contributed by atoms with Crippen LogP contribution in [0.15, 0.2) is 28.9 Å². The minimum absolute atomic E-state index is 0.198. The van der Waals surface area contributed by atoms with Crippen LogP contribution in [0.3, 0.4) is 0 Å². The van der Waals surface area contributed by atoms with E-state index in [9.17, 15) is 0 Å². The van der Waals surface area contributed by atoms with E-state index in [2.05, 4.69) is 45.3 Å². The first kappa shape index (κ1) is 10.4. The minimum atomic E-state index is 0.198. The maximum absolute atomic E-state index is 6.32. The smallest absolute Gasteiger partial charge is 0.0468 e. The maximum atomic E-state index is 6.32. The van der Waals surface area contributed by atoms with E-state index in [4.69, 9.17) is 5.73 Å². The third-order valence-electron chi connectivity index (χ3n) is 3.69. The zero-order valence-corrected chi connectivity index (χ0v) is 10.6. The van der Waals surface area contributed by atoms with Crippen LogP contribution in [-0.4, -0.2) is 4.98 Å². The van der Waals surface area contributed by atoms with E-state index in [1.54, 1.807) is 0 Å². The quantitative estimate of drug-likeness (QED) is 0.864. The SMILES string of the molecule is NC(c1c[nH]c2cc(Br)ccc12)C1CCC1. The molecule has 0 saturated heterocycles. The van der Waals surface area contributed by atoms with Gasteiger partial charge in [-0.25, -0.2) is 0 Å². The summed E-state index contributed by atoms with van der Waals surface area (Å²) < 4.78 is 1.10. The summed E-state index contributed by atoms with van der Waals surface area (Å²) in [6, 6.07) is 6.52. The molecule has 1 atom stereocenters. The lowest BCUT2D eigenvalue weighted by Gasteiger charge is -2.31. The Kier molecular flexibility index (Phi) is 2.52. The molecule has 0 amide bonds. The predicted octanol–water partition coefficient (Wildman–Crippen LogP) is 3.73. The minimum Gasteiger partial charge on any atom is -0.361 e. The van der Waals surface area contributed by atoms with Crippen molar-refractivity contribution in [1.82, 2.24) is 4.98 Å². The van der Waals surface area contributed by atoms with Crippen LogP contribution in [0.4, 0.5) is 0 Å². The van der Waals surface area contributed by atoms with Crippen molar-refractivity contribution >= 4 is 26.8 Å². The molecule has 2 aromatic rings. The Bertz CT molecular complexity index is 514. The molecule has 3 rings (SSSR count). The topological polar surface area (TPSA) is 41.8 Å². The molecule has 1 aliphatic rings. The largest absolute Gasteiger partial charge is 0.361 e. The highest BCUT2D eigenvalue weighted by molar-refractivity contribution is 9.10. The molecule has 1 unspecified atom stereocenters. The van der Waals surface area contributed by atoms with Gasteiger partial charge in [-0.05, 0) is 36.5 Å². The molecule has 0 bridgehead atoms. The van der Waals surface area contributed by atoms with E-state index in [1.165, 1.54) is 35.7 Å². The molecule has 1 aromatic carbocycles. The molecule has 1 aliphatic carbocycles. The molecule has 1 saturated carbocycles. The summed E-state index contributed by atoms with van der Waals surface area (Å²) >= 11 is 3.48.